The second kappa shape index (κ2) is 7.75. The van der Waals surface area contributed by atoms with Crippen LogP contribution in [0.5, 0.6) is 0 Å². The molecule has 4 rings (SSSR count). The lowest BCUT2D eigenvalue weighted by Gasteiger charge is -2.16. The number of methoxy groups -OCH3 is 1. The van der Waals surface area contributed by atoms with E-state index in [4.69, 9.17) is 4.74 Å². The fourth-order valence-electron chi connectivity index (χ4n) is 3.51. The number of rotatable bonds is 5. The molecule has 0 aliphatic heterocycles. The van der Waals surface area contributed by atoms with Crippen LogP contribution in [0.25, 0.3) is 21.1 Å². The van der Waals surface area contributed by atoms with Gasteiger partial charge < -0.3 is 19.6 Å². The Bertz CT molecular complexity index is 1330. The normalized spacial score (nSPS) is 12.2. The first kappa shape index (κ1) is 19.8. The van der Waals surface area contributed by atoms with E-state index >= 15 is 0 Å². The highest BCUT2D eigenvalue weighted by Gasteiger charge is 2.26. The molecule has 30 heavy (non-hydrogen) atoms. The lowest BCUT2D eigenvalue weighted by Crippen LogP contribution is -2.43. The SMILES string of the molecule is COC(=O)C(Cc1c[nH]c2ccccc12)NC(=O)c1sc2ncn(C)c(=O)c2c1C. The molecule has 2 N–H and O–H groups in total. The van der Waals surface area contributed by atoms with Gasteiger partial charge in [0.05, 0.1) is 23.7 Å². The first-order valence-corrected chi connectivity index (χ1v) is 10.1. The second-order valence-electron chi connectivity index (χ2n) is 7.01. The zero-order chi connectivity index (χ0) is 21.4. The number of nitrogens with one attached hydrogen (secondary N) is 2. The summed E-state index contributed by atoms with van der Waals surface area (Å²) in [6, 6.07) is 6.86. The number of aromatic nitrogens is 3. The van der Waals surface area contributed by atoms with Crippen molar-refractivity contribution >= 4 is 44.3 Å². The number of carbonyl (C=O) groups is 2. The number of H-pyrrole nitrogens is 1. The lowest BCUT2D eigenvalue weighted by molar-refractivity contribution is -0.142. The van der Waals surface area contributed by atoms with Crippen molar-refractivity contribution in [3.63, 3.8) is 0 Å². The van der Waals surface area contributed by atoms with Crippen LogP contribution in [0.3, 0.4) is 0 Å². The summed E-state index contributed by atoms with van der Waals surface area (Å²) in [4.78, 5) is 46.1. The van der Waals surface area contributed by atoms with Crippen molar-refractivity contribution in [1.29, 1.82) is 0 Å². The molecule has 0 bridgehead atoms. The minimum Gasteiger partial charge on any atom is -0.467 e. The molecule has 9 heteroatoms. The number of hydrogen-bond donors (Lipinski definition) is 2. The molecule has 1 unspecified atom stereocenters. The number of amides is 1. The van der Waals surface area contributed by atoms with E-state index in [9.17, 15) is 14.4 Å². The van der Waals surface area contributed by atoms with Crippen molar-refractivity contribution in [1.82, 2.24) is 19.9 Å². The van der Waals surface area contributed by atoms with Gasteiger partial charge in [0.15, 0.2) is 0 Å². The first-order chi connectivity index (χ1) is 14.4. The molecule has 4 aromatic rings. The smallest absolute Gasteiger partial charge is 0.328 e. The van der Waals surface area contributed by atoms with Gasteiger partial charge in [0, 0.05) is 30.6 Å². The Hall–Kier alpha value is -3.46. The van der Waals surface area contributed by atoms with Crippen LogP contribution in [0.4, 0.5) is 0 Å². The summed E-state index contributed by atoms with van der Waals surface area (Å²) in [5, 5.41) is 4.17. The molecule has 1 atom stereocenters. The minimum absolute atomic E-state index is 0.212. The van der Waals surface area contributed by atoms with Gasteiger partial charge in [-0.2, -0.15) is 0 Å². The Balaban J connectivity index is 1.65. The number of hydrogen-bond acceptors (Lipinski definition) is 6. The Morgan fingerprint density at radius 3 is 2.87 bits per heavy atom. The van der Waals surface area contributed by atoms with Crippen LogP contribution < -0.4 is 10.9 Å². The lowest BCUT2D eigenvalue weighted by atomic mass is 10.0. The molecule has 154 valence electrons. The van der Waals surface area contributed by atoms with Gasteiger partial charge >= 0.3 is 5.97 Å². The number of thiophene rings is 1. The van der Waals surface area contributed by atoms with E-state index in [0.29, 0.717) is 20.7 Å². The molecule has 1 aromatic carbocycles. The number of fused-ring (bicyclic) bond motifs is 2. The van der Waals surface area contributed by atoms with E-state index < -0.39 is 17.9 Å². The topological polar surface area (TPSA) is 106 Å². The zero-order valence-electron chi connectivity index (χ0n) is 16.7. The summed E-state index contributed by atoms with van der Waals surface area (Å²) < 4.78 is 6.28. The first-order valence-electron chi connectivity index (χ1n) is 9.29. The summed E-state index contributed by atoms with van der Waals surface area (Å²) in [6.07, 6.45) is 3.52. The van der Waals surface area contributed by atoms with E-state index in [1.54, 1.807) is 14.0 Å². The van der Waals surface area contributed by atoms with Gasteiger partial charge in [-0.15, -0.1) is 11.3 Å². The highest BCUT2D eigenvalue weighted by atomic mass is 32.1. The number of benzene rings is 1. The largest absolute Gasteiger partial charge is 0.467 e. The number of carbonyl (C=O) groups excluding carboxylic acids is 2. The van der Waals surface area contributed by atoms with Gasteiger partial charge in [-0.05, 0) is 24.1 Å². The van der Waals surface area contributed by atoms with Crippen LogP contribution in [-0.4, -0.2) is 39.6 Å². The maximum atomic E-state index is 13.0. The van der Waals surface area contributed by atoms with Gasteiger partial charge in [-0.1, -0.05) is 18.2 Å². The predicted molar refractivity (Wildman–Crippen MR) is 115 cm³/mol. The van der Waals surface area contributed by atoms with Crippen molar-refractivity contribution in [2.24, 2.45) is 7.05 Å². The van der Waals surface area contributed by atoms with Gasteiger partial charge in [-0.25, -0.2) is 9.78 Å². The molecule has 0 radical (unpaired) electrons. The van der Waals surface area contributed by atoms with Gasteiger partial charge in [0.25, 0.3) is 11.5 Å². The van der Waals surface area contributed by atoms with Crippen molar-refractivity contribution in [3.8, 4) is 0 Å². The zero-order valence-corrected chi connectivity index (χ0v) is 17.5. The van der Waals surface area contributed by atoms with Gasteiger partial charge in [0.2, 0.25) is 0 Å². The fraction of sp³-hybridized carbons (Fsp3) is 0.238. The summed E-state index contributed by atoms with van der Waals surface area (Å²) in [5.41, 5.74) is 2.18. The Kier molecular flexibility index (Phi) is 5.13. The van der Waals surface area contributed by atoms with E-state index in [1.165, 1.54) is 18.0 Å². The Labute approximate surface area is 175 Å². The number of esters is 1. The van der Waals surface area contributed by atoms with Crippen molar-refractivity contribution < 1.29 is 14.3 Å². The van der Waals surface area contributed by atoms with Crippen LogP contribution in [0.2, 0.25) is 0 Å². The molecule has 0 saturated heterocycles. The molecule has 0 aliphatic rings. The van der Waals surface area contributed by atoms with Crippen molar-refractivity contribution in [2.75, 3.05) is 7.11 Å². The molecule has 0 aliphatic carbocycles. The monoisotopic (exact) mass is 424 g/mol. The van der Waals surface area contributed by atoms with Gasteiger partial charge in [0.1, 0.15) is 10.9 Å². The van der Waals surface area contributed by atoms with Gasteiger partial charge in [-0.3, -0.25) is 9.59 Å². The molecular formula is C21H20N4O4S. The summed E-state index contributed by atoms with van der Waals surface area (Å²) in [6.45, 7) is 1.71. The second-order valence-corrected chi connectivity index (χ2v) is 8.01. The number of aromatic amines is 1. The standard InChI is InChI=1S/C21H20N4O4S/c1-11-16-19(23-10-25(2)20(16)27)30-17(11)18(26)24-15(21(28)29-3)8-12-9-22-14-7-5-4-6-13(12)14/h4-7,9-10,15,22H,8H2,1-3H3,(H,24,26). The molecular weight excluding hydrogens is 404 g/mol. The Morgan fingerprint density at radius 1 is 1.33 bits per heavy atom. The van der Waals surface area contributed by atoms with Crippen molar-refractivity contribution in [3.05, 3.63) is 63.1 Å². The van der Waals surface area contributed by atoms with E-state index in [1.807, 2.05) is 30.5 Å². The maximum absolute atomic E-state index is 13.0. The molecule has 3 heterocycles. The van der Waals surface area contributed by atoms with E-state index in [-0.39, 0.29) is 12.0 Å². The molecule has 0 saturated carbocycles. The van der Waals surface area contributed by atoms with Crippen molar-refractivity contribution in [2.45, 2.75) is 19.4 Å². The summed E-state index contributed by atoms with van der Waals surface area (Å²) in [5.74, 6) is -0.978. The van der Waals surface area contributed by atoms with Crippen LogP contribution in [0.1, 0.15) is 20.8 Å². The van der Waals surface area contributed by atoms with E-state index in [0.717, 1.165) is 27.8 Å². The maximum Gasteiger partial charge on any atom is 0.328 e. The van der Waals surface area contributed by atoms with Crippen LogP contribution in [-0.2, 0) is 23.0 Å². The summed E-state index contributed by atoms with van der Waals surface area (Å²) in [7, 11) is 2.90. The molecule has 1 amide bonds. The van der Waals surface area contributed by atoms with Crippen LogP contribution in [0, 0.1) is 6.92 Å². The molecule has 8 nitrogen and oxygen atoms in total. The highest BCUT2D eigenvalue weighted by Crippen LogP contribution is 2.27. The molecule has 3 aromatic heterocycles. The number of nitrogens with zero attached hydrogens (tertiary/aromatic N) is 2. The fourth-order valence-corrected chi connectivity index (χ4v) is 4.55. The average Bonchev–Trinajstić information content (AvgIpc) is 3.31. The third-order valence-electron chi connectivity index (χ3n) is 5.11. The number of aryl methyl sites for hydroxylation is 2. The molecule has 0 spiro atoms. The summed E-state index contributed by atoms with van der Waals surface area (Å²) >= 11 is 1.13. The number of ether oxygens (including phenoxy) is 1. The predicted octanol–water partition coefficient (Wildman–Crippen LogP) is 2.30. The quantitative estimate of drug-likeness (QED) is 0.478. The molecule has 0 fully saturated rings. The Morgan fingerprint density at radius 2 is 2.10 bits per heavy atom. The number of para-hydroxylation sites is 1. The highest BCUT2D eigenvalue weighted by molar-refractivity contribution is 7.20. The minimum atomic E-state index is -0.873. The van der Waals surface area contributed by atoms with Crippen LogP contribution in [0.15, 0.2) is 41.6 Å². The average molecular weight is 424 g/mol. The third kappa shape index (κ3) is 3.37. The van der Waals surface area contributed by atoms with E-state index in [2.05, 4.69) is 15.3 Å². The third-order valence-corrected chi connectivity index (χ3v) is 6.31. The van der Waals surface area contributed by atoms with Crippen LogP contribution >= 0.6 is 11.3 Å².